The molecule has 94 valence electrons. The van der Waals surface area contributed by atoms with Crippen molar-refractivity contribution in [1.82, 2.24) is 9.97 Å². The fourth-order valence-corrected chi connectivity index (χ4v) is 4.02. The van der Waals surface area contributed by atoms with E-state index < -0.39 is 15.4 Å². The number of rotatable bonds is 3. The van der Waals surface area contributed by atoms with Crippen LogP contribution in [0.1, 0.15) is 13.3 Å². The van der Waals surface area contributed by atoms with Crippen LogP contribution >= 0.6 is 0 Å². The molecule has 17 heavy (non-hydrogen) atoms. The Labute approximate surface area is 99.7 Å². The first-order valence-electron chi connectivity index (χ1n) is 5.20. The lowest BCUT2D eigenvalue weighted by Crippen LogP contribution is -2.36. The zero-order valence-electron chi connectivity index (χ0n) is 9.47. The van der Waals surface area contributed by atoms with Crippen LogP contribution in [-0.2, 0) is 9.84 Å². The van der Waals surface area contributed by atoms with Crippen molar-refractivity contribution in [2.75, 3.05) is 22.2 Å². The average Bonchev–Trinajstić information content (AvgIpc) is 2.53. The molecule has 0 spiro atoms. The maximum atomic E-state index is 11.5. The van der Waals surface area contributed by atoms with E-state index >= 15 is 0 Å². The molecule has 0 aliphatic carbocycles. The molecule has 1 aromatic heterocycles. The molecule has 1 aliphatic heterocycles. The van der Waals surface area contributed by atoms with E-state index in [-0.39, 0.29) is 11.5 Å². The van der Waals surface area contributed by atoms with Crippen molar-refractivity contribution in [1.29, 1.82) is 0 Å². The van der Waals surface area contributed by atoms with Gasteiger partial charge in [-0.05, 0) is 13.3 Å². The molecule has 0 amide bonds. The standard InChI is InChI=1S/C9H15N5O2S/c1-9(2-3-17(15,16)5-9)13-7-4-8(14-10)12-6-11-7/h4,6H,2-3,5,10H2,1H3,(H2,11,12,13,14). The molecule has 0 saturated carbocycles. The topological polar surface area (TPSA) is 110 Å². The SMILES string of the molecule is CC1(Nc2cc(NN)ncn2)CCS(=O)(=O)C1. The molecule has 1 atom stereocenters. The fourth-order valence-electron chi connectivity index (χ4n) is 1.92. The highest BCUT2D eigenvalue weighted by Gasteiger charge is 2.38. The fraction of sp³-hybridized carbons (Fsp3) is 0.556. The molecule has 1 aromatic rings. The van der Waals surface area contributed by atoms with Gasteiger partial charge < -0.3 is 10.7 Å². The Hall–Kier alpha value is -1.41. The Morgan fingerprint density at radius 2 is 2.12 bits per heavy atom. The molecule has 1 aliphatic rings. The number of nitrogen functional groups attached to an aromatic ring is 1. The van der Waals surface area contributed by atoms with Gasteiger partial charge in [0.2, 0.25) is 0 Å². The van der Waals surface area contributed by atoms with Gasteiger partial charge in [0.05, 0.1) is 17.0 Å². The second kappa shape index (κ2) is 4.11. The highest BCUT2D eigenvalue weighted by molar-refractivity contribution is 7.91. The number of hydrogen-bond acceptors (Lipinski definition) is 7. The summed E-state index contributed by atoms with van der Waals surface area (Å²) in [7, 11) is -2.94. The third-order valence-corrected chi connectivity index (χ3v) is 4.65. The lowest BCUT2D eigenvalue weighted by Gasteiger charge is -2.24. The van der Waals surface area contributed by atoms with Crippen LogP contribution in [0.5, 0.6) is 0 Å². The molecule has 8 heteroatoms. The van der Waals surface area contributed by atoms with Crippen molar-refractivity contribution < 1.29 is 8.42 Å². The molecule has 4 N–H and O–H groups in total. The Kier molecular flexibility index (Phi) is 2.92. The number of sulfone groups is 1. The van der Waals surface area contributed by atoms with Gasteiger partial charge in [0.1, 0.15) is 18.0 Å². The molecule has 1 fully saturated rings. The van der Waals surface area contributed by atoms with Gasteiger partial charge in [-0.25, -0.2) is 24.2 Å². The van der Waals surface area contributed by atoms with Crippen LogP contribution in [0.2, 0.25) is 0 Å². The first-order valence-corrected chi connectivity index (χ1v) is 7.02. The minimum atomic E-state index is -2.94. The number of nitrogens with one attached hydrogen (secondary N) is 2. The number of nitrogens with two attached hydrogens (primary N) is 1. The van der Waals surface area contributed by atoms with Gasteiger partial charge in [0.25, 0.3) is 0 Å². The van der Waals surface area contributed by atoms with E-state index in [1.807, 2.05) is 6.92 Å². The van der Waals surface area contributed by atoms with Crippen molar-refractivity contribution in [2.45, 2.75) is 18.9 Å². The lowest BCUT2D eigenvalue weighted by atomic mass is 10.0. The van der Waals surface area contributed by atoms with E-state index in [1.54, 1.807) is 6.07 Å². The number of nitrogens with zero attached hydrogens (tertiary/aromatic N) is 2. The number of aromatic nitrogens is 2. The van der Waals surface area contributed by atoms with E-state index in [4.69, 9.17) is 5.84 Å². The van der Waals surface area contributed by atoms with E-state index in [2.05, 4.69) is 20.7 Å². The van der Waals surface area contributed by atoms with Crippen molar-refractivity contribution >= 4 is 21.5 Å². The predicted molar refractivity (Wildman–Crippen MR) is 65.1 cm³/mol. The molecule has 0 aromatic carbocycles. The van der Waals surface area contributed by atoms with Crippen LogP contribution in [0.25, 0.3) is 0 Å². The van der Waals surface area contributed by atoms with Crippen LogP contribution in [0.4, 0.5) is 11.6 Å². The van der Waals surface area contributed by atoms with E-state index in [9.17, 15) is 8.42 Å². The predicted octanol–water partition coefficient (Wildman–Crippen LogP) is -0.249. The van der Waals surface area contributed by atoms with Gasteiger partial charge in [-0.1, -0.05) is 0 Å². The van der Waals surface area contributed by atoms with Crippen LogP contribution in [-0.4, -0.2) is 35.4 Å². The second-order valence-electron chi connectivity index (χ2n) is 4.46. The zero-order valence-corrected chi connectivity index (χ0v) is 10.3. The third kappa shape index (κ3) is 2.83. The van der Waals surface area contributed by atoms with E-state index in [0.717, 1.165) is 0 Å². The molecule has 7 nitrogen and oxygen atoms in total. The van der Waals surface area contributed by atoms with E-state index in [0.29, 0.717) is 18.1 Å². The van der Waals surface area contributed by atoms with Crippen molar-refractivity contribution in [2.24, 2.45) is 5.84 Å². The maximum absolute atomic E-state index is 11.5. The van der Waals surface area contributed by atoms with E-state index in [1.165, 1.54) is 6.33 Å². The van der Waals surface area contributed by atoms with Gasteiger partial charge in [-0.2, -0.15) is 0 Å². The molecule has 0 radical (unpaired) electrons. The molecule has 2 heterocycles. The molecular formula is C9H15N5O2S. The Bertz CT molecular complexity index is 518. The molecule has 1 saturated heterocycles. The Morgan fingerprint density at radius 3 is 2.71 bits per heavy atom. The van der Waals surface area contributed by atoms with Gasteiger partial charge >= 0.3 is 0 Å². The highest BCUT2D eigenvalue weighted by atomic mass is 32.2. The summed E-state index contributed by atoms with van der Waals surface area (Å²) in [6, 6.07) is 1.64. The summed E-state index contributed by atoms with van der Waals surface area (Å²) < 4.78 is 22.9. The summed E-state index contributed by atoms with van der Waals surface area (Å²) in [5, 5.41) is 3.12. The Balaban J connectivity index is 2.15. The van der Waals surface area contributed by atoms with Gasteiger partial charge in [-0.15, -0.1) is 0 Å². The third-order valence-electron chi connectivity index (χ3n) is 2.75. The minimum absolute atomic E-state index is 0.120. The summed E-state index contributed by atoms with van der Waals surface area (Å²) in [6.07, 6.45) is 1.94. The molecular weight excluding hydrogens is 242 g/mol. The number of hydrogen-bond donors (Lipinski definition) is 3. The highest BCUT2D eigenvalue weighted by Crippen LogP contribution is 2.26. The molecule has 1 unspecified atom stereocenters. The summed E-state index contributed by atoms with van der Waals surface area (Å²) >= 11 is 0. The van der Waals surface area contributed by atoms with Crippen LogP contribution in [0, 0.1) is 0 Å². The lowest BCUT2D eigenvalue weighted by molar-refractivity contribution is 0.572. The summed E-state index contributed by atoms with van der Waals surface area (Å²) in [4.78, 5) is 7.91. The minimum Gasteiger partial charge on any atom is -0.364 e. The summed E-state index contributed by atoms with van der Waals surface area (Å²) in [5.41, 5.74) is 1.94. The monoisotopic (exact) mass is 257 g/mol. The van der Waals surface area contributed by atoms with Gasteiger partial charge in [0.15, 0.2) is 9.84 Å². The smallest absolute Gasteiger partial charge is 0.152 e. The molecule has 0 bridgehead atoms. The van der Waals surface area contributed by atoms with Gasteiger partial charge in [-0.3, -0.25) is 0 Å². The van der Waals surface area contributed by atoms with Crippen LogP contribution in [0.3, 0.4) is 0 Å². The van der Waals surface area contributed by atoms with Crippen molar-refractivity contribution in [3.8, 4) is 0 Å². The summed E-state index contributed by atoms with van der Waals surface area (Å²) in [6.45, 7) is 1.87. The summed E-state index contributed by atoms with van der Waals surface area (Å²) in [5.74, 6) is 6.61. The largest absolute Gasteiger partial charge is 0.364 e. The molecule has 2 rings (SSSR count). The quantitative estimate of drug-likeness (QED) is 0.506. The Morgan fingerprint density at radius 1 is 1.41 bits per heavy atom. The van der Waals surface area contributed by atoms with Crippen molar-refractivity contribution in [3.05, 3.63) is 12.4 Å². The zero-order chi connectivity index (χ0) is 12.5. The first kappa shape index (κ1) is 12.1. The second-order valence-corrected chi connectivity index (χ2v) is 6.64. The first-order chi connectivity index (χ1) is 7.92. The number of anilines is 2. The normalized spacial score (nSPS) is 26.7. The van der Waals surface area contributed by atoms with Gasteiger partial charge in [0, 0.05) is 6.07 Å². The number of hydrazine groups is 1. The average molecular weight is 257 g/mol. The van der Waals surface area contributed by atoms with Crippen LogP contribution < -0.4 is 16.6 Å². The maximum Gasteiger partial charge on any atom is 0.152 e. The van der Waals surface area contributed by atoms with Crippen LogP contribution in [0.15, 0.2) is 12.4 Å². The van der Waals surface area contributed by atoms with Crippen molar-refractivity contribution in [3.63, 3.8) is 0 Å².